The monoisotopic (exact) mass is 249 g/mol. The van der Waals surface area contributed by atoms with Crippen molar-refractivity contribution < 1.29 is 4.52 Å². The summed E-state index contributed by atoms with van der Waals surface area (Å²) in [6.45, 7) is 0.605. The average molecular weight is 249 g/mol. The van der Waals surface area contributed by atoms with Gasteiger partial charge in [0.1, 0.15) is 0 Å². The lowest BCUT2D eigenvalue weighted by Gasteiger charge is -2.36. The van der Waals surface area contributed by atoms with Crippen LogP contribution in [0, 0.1) is 0 Å². The second-order valence-corrected chi connectivity index (χ2v) is 5.64. The number of nitrogens with zero attached hydrogens (tertiary/aromatic N) is 2. The van der Waals surface area contributed by atoms with Crippen LogP contribution in [0.4, 0.5) is 0 Å². The molecule has 2 heterocycles. The highest BCUT2D eigenvalue weighted by Gasteiger charge is 2.42. The summed E-state index contributed by atoms with van der Waals surface area (Å²) in [5.41, 5.74) is 5.79. The van der Waals surface area contributed by atoms with Crippen LogP contribution in [0.2, 0.25) is 0 Å². The minimum atomic E-state index is -0.0271. The molecular formula is C12H15N3OS. The third-order valence-electron chi connectivity index (χ3n) is 3.54. The molecule has 0 aromatic carbocycles. The van der Waals surface area contributed by atoms with E-state index < -0.39 is 0 Å². The van der Waals surface area contributed by atoms with Gasteiger partial charge in [0.25, 0.3) is 0 Å². The van der Waals surface area contributed by atoms with Crippen LogP contribution in [-0.4, -0.2) is 16.7 Å². The largest absolute Gasteiger partial charge is 0.339 e. The van der Waals surface area contributed by atoms with Crippen molar-refractivity contribution in [1.29, 1.82) is 0 Å². The Balaban J connectivity index is 1.78. The molecule has 0 saturated heterocycles. The topological polar surface area (TPSA) is 64.9 Å². The van der Waals surface area contributed by atoms with E-state index in [2.05, 4.69) is 21.6 Å². The van der Waals surface area contributed by atoms with Crippen LogP contribution in [0.5, 0.6) is 0 Å². The summed E-state index contributed by atoms with van der Waals surface area (Å²) >= 11 is 1.71. The van der Waals surface area contributed by atoms with E-state index in [0.717, 1.165) is 31.0 Å². The normalized spacial score (nSPS) is 17.9. The molecule has 1 aliphatic rings. The van der Waals surface area contributed by atoms with Crippen molar-refractivity contribution in [3.8, 4) is 0 Å². The molecule has 1 aliphatic carbocycles. The molecular weight excluding hydrogens is 234 g/mol. The predicted molar refractivity (Wildman–Crippen MR) is 66.0 cm³/mol. The molecule has 2 N–H and O–H groups in total. The van der Waals surface area contributed by atoms with Gasteiger partial charge in [0, 0.05) is 17.8 Å². The van der Waals surface area contributed by atoms with Crippen LogP contribution in [0.1, 0.15) is 35.9 Å². The van der Waals surface area contributed by atoms with Crippen LogP contribution in [0.3, 0.4) is 0 Å². The number of aromatic nitrogens is 2. The van der Waals surface area contributed by atoms with Gasteiger partial charge in [-0.3, -0.25) is 0 Å². The Hall–Kier alpha value is -1.20. The maximum absolute atomic E-state index is 5.82. The molecule has 0 amide bonds. The molecule has 2 aromatic heterocycles. The van der Waals surface area contributed by atoms with E-state index in [9.17, 15) is 0 Å². The number of rotatable bonds is 4. The fourth-order valence-corrected chi connectivity index (χ4v) is 2.92. The number of thiophene rings is 1. The Kier molecular flexibility index (Phi) is 2.72. The zero-order valence-corrected chi connectivity index (χ0v) is 10.4. The molecule has 90 valence electrons. The molecule has 0 aliphatic heterocycles. The predicted octanol–water partition coefficient (Wildman–Crippen LogP) is 2.10. The Morgan fingerprint density at radius 1 is 1.47 bits per heavy atom. The maximum atomic E-state index is 5.82. The highest BCUT2D eigenvalue weighted by Crippen LogP contribution is 2.41. The Bertz CT molecular complexity index is 482. The van der Waals surface area contributed by atoms with Crippen molar-refractivity contribution in [2.45, 2.75) is 31.1 Å². The van der Waals surface area contributed by atoms with Crippen molar-refractivity contribution in [1.82, 2.24) is 10.1 Å². The molecule has 4 nitrogen and oxygen atoms in total. The van der Waals surface area contributed by atoms with Gasteiger partial charge in [0.15, 0.2) is 5.82 Å². The second-order valence-electron chi connectivity index (χ2n) is 4.61. The summed E-state index contributed by atoms with van der Waals surface area (Å²) in [4.78, 5) is 5.76. The SMILES string of the molecule is NCC1(c2nc(Cc3cccs3)no2)CCC1. The smallest absolute Gasteiger partial charge is 0.234 e. The third-order valence-corrected chi connectivity index (χ3v) is 4.41. The Morgan fingerprint density at radius 2 is 2.35 bits per heavy atom. The quantitative estimate of drug-likeness (QED) is 0.901. The van der Waals surface area contributed by atoms with Crippen LogP contribution in [-0.2, 0) is 11.8 Å². The van der Waals surface area contributed by atoms with Gasteiger partial charge in [0.05, 0.1) is 5.41 Å². The first-order valence-corrected chi connectivity index (χ1v) is 6.76. The maximum Gasteiger partial charge on any atom is 0.234 e. The minimum Gasteiger partial charge on any atom is -0.339 e. The Labute approximate surface area is 104 Å². The second kappa shape index (κ2) is 4.23. The molecule has 5 heteroatoms. The average Bonchev–Trinajstić information content (AvgIpc) is 2.90. The van der Waals surface area contributed by atoms with E-state index in [1.807, 2.05) is 6.07 Å². The van der Waals surface area contributed by atoms with Gasteiger partial charge in [-0.25, -0.2) is 0 Å². The first-order chi connectivity index (χ1) is 8.32. The van der Waals surface area contributed by atoms with E-state index in [1.165, 1.54) is 11.3 Å². The fourth-order valence-electron chi connectivity index (χ4n) is 2.22. The van der Waals surface area contributed by atoms with Crippen LogP contribution in [0.15, 0.2) is 22.0 Å². The molecule has 0 spiro atoms. The lowest BCUT2D eigenvalue weighted by molar-refractivity contribution is 0.181. The molecule has 0 bridgehead atoms. The van der Waals surface area contributed by atoms with E-state index in [1.54, 1.807) is 11.3 Å². The van der Waals surface area contributed by atoms with Gasteiger partial charge >= 0.3 is 0 Å². The molecule has 0 unspecified atom stereocenters. The number of hydrogen-bond donors (Lipinski definition) is 1. The highest BCUT2D eigenvalue weighted by molar-refractivity contribution is 7.09. The fraction of sp³-hybridized carbons (Fsp3) is 0.500. The molecule has 2 aromatic rings. The molecule has 1 saturated carbocycles. The van der Waals surface area contributed by atoms with Crippen LogP contribution in [0.25, 0.3) is 0 Å². The number of nitrogens with two attached hydrogens (primary N) is 1. The molecule has 0 radical (unpaired) electrons. The van der Waals surface area contributed by atoms with Gasteiger partial charge < -0.3 is 10.3 Å². The van der Waals surface area contributed by atoms with Crippen LogP contribution >= 0.6 is 11.3 Å². The first kappa shape index (κ1) is 10.9. The van der Waals surface area contributed by atoms with Gasteiger partial charge in [-0.05, 0) is 24.3 Å². The zero-order valence-electron chi connectivity index (χ0n) is 9.56. The Morgan fingerprint density at radius 3 is 2.94 bits per heavy atom. The summed E-state index contributed by atoms with van der Waals surface area (Å²) in [6, 6.07) is 4.12. The van der Waals surface area contributed by atoms with Gasteiger partial charge in [-0.2, -0.15) is 4.98 Å². The first-order valence-electron chi connectivity index (χ1n) is 5.88. The van der Waals surface area contributed by atoms with Crippen molar-refractivity contribution in [2.24, 2.45) is 5.73 Å². The summed E-state index contributed by atoms with van der Waals surface area (Å²) in [7, 11) is 0. The van der Waals surface area contributed by atoms with Crippen molar-refractivity contribution in [3.63, 3.8) is 0 Å². The minimum absolute atomic E-state index is 0.0271. The van der Waals surface area contributed by atoms with Crippen LogP contribution < -0.4 is 5.73 Å². The van der Waals surface area contributed by atoms with E-state index >= 15 is 0 Å². The van der Waals surface area contributed by atoms with Gasteiger partial charge in [-0.1, -0.05) is 17.6 Å². The summed E-state index contributed by atoms with van der Waals surface area (Å²) in [5, 5.41) is 6.11. The van der Waals surface area contributed by atoms with Gasteiger partial charge in [-0.15, -0.1) is 11.3 Å². The van der Waals surface area contributed by atoms with E-state index in [-0.39, 0.29) is 5.41 Å². The molecule has 1 fully saturated rings. The molecule has 3 rings (SSSR count). The van der Waals surface area contributed by atoms with Crippen molar-refractivity contribution in [2.75, 3.05) is 6.54 Å². The highest BCUT2D eigenvalue weighted by atomic mass is 32.1. The lowest BCUT2D eigenvalue weighted by atomic mass is 9.69. The summed E-state index contributed by atoms with van der Waals surface area (Å²) in [6.07, 6.45) is 4.11. The summed E-state index contributed by atoms with van der Waals surface area (Å²) in [5.74, 6) is 1.50. The molecule has 0 atom stereocenters. The van der Waals surface area contributed by atoms with E-state index in [0.29, 0.717) is 6.54 Å². The molecule has 17 heavy (non-hydrogen) atoms. The third kappa shape index (κ3) is 1.89. The standard InChI is InChI=1S/C12H15N3OS/c13-8-12(4-2-5-12)11-14-10(15-16-11)7-9-3-1-6-17-9/h1,3,6H,2,4-5,7-8,13H2. The number of hydrogen-bond acceptors (Lipinski definition) is 5. The van der Waals surface area contributed by atoms with Gasteiger partial charge in [0.2, 0.25) is 5.89 Å². The lowest BCUT2D eigenvalue weighted by Crippen LogP contribution is -2.41. The summed E-state index contributed by atoms with van der Waals surface area (Å²) < 4.78 is 5.38. The van der Waals surface area contributed by atoms with Crippen molar-refractivity contribution in [3.05, 3.63) is 34.1 Å². The zero-order chi connectivity index (χ0) is 11.7. The van der Waals surface area contributed by atoms with E-state index in [4.69, 9.17) is 10.3 Å². The van der Waals surface area contributed by atoms with Crippen molar-refractivity contribution >= 4 is 11.3 Å².